The second-order valence-corrected chi connectivity index (χ2v) is 4.76. The fraction of sp³-hybridized carbons (Fsp3) is 0.312. The Kier molecular flexibility index (Phi) is 3.77. The van der Waals surface area contributed by atoms with Gasteiger partial charge < -0.3 is 19.6 Å². The number of nitrogens with one attached hydrogen (secondary N) is 1. The first-order valence-electron chi connectivity index (χ1n) is 6.95. The van der Waals surface area contributed by atoms with Crippen LogP contribution in [0.4, 0.5) is 0 Å². The molecule has 0 saturated heterocycles. The van der Waals surface area contributed by atoms with Crippen LogP contribution in [0.25, 0.3) is 21.8 Å². The third-order valence-electron chi connectivity index (χ3n) is 3.59. The molecule has 0 amide bonds. The van der Waals surface area contributed by atoms with Gasteiger partial charge in [-0.2, -0.15) is 0 Å². The summed E-state index contributed by atoms with van der Waals surface area (Å²) in [5.74, 6) is 0.708. The molecular formula is C16H18N2O3. The Morgan fingerprint density at radius 2 is 2.14 bits per heavy atom. The van der Waals surface area contributed by atoms with E-state index in [1.54, 1.807) is 13.3 Å². The van der Waals surface area contributed by atoms with Gasteiger partial charge in [0.25, 0.3) is 0 Å². The Balaban J connectivity index is 2.32. The Bertz CT molecular complexity index is 767. The van der Waals surface area contributed by atoms with Crippen molar-refractivity contribution in [2.24, 2.45) is 0 Å². The molecule has 0 aliphatic carbocycles. The van der Waals surface area contributed by atoms with E-state index in [0.29, 0.717) is 18.1 Å². The summed E-state index contributed by atoms with van der Waals surface area (Å²) in [6, 6.07) is 8.01. The van der Waals surface area contributed by atoms with E-state index >= 15 is 0 Å². The van der Waals surface area contributed by atoms with Crippen LogP contribution in [-0.2, 0) is 4.74 Å². The molecule has 0 spiro atoms. The second kappa shape index (κ2) is 5.71. The highest BCUT2D eigenvalue weighted by Gasteiger charge is 2.20. The molecule has 3 aromatic rings. The number of hydrogen-bond donors (Lipinski definition) is 2. The van der Waals surface area contributed by atoms with Gasteiger partial charge in [-0.05, 0) is 13.0 Å². The summed E-state index contributed by atoms with van der Waals surface area (Å²) in [7, 11) is 1.63. The molecule has 2 N–H and O–H groups in total. The highest BCUT2D eigenvalue weighted by atomic mass is 16.5. The molecule has 0 saturated carbocycles. The highest BCUT2D eigenvalue weighted by molar-refractivity contribution is 6.11. The van der Waals surface area contributed by atoms with Crippen molar-refractivity contribution >= 4 is 21.8 Å². The lowest BCUT2D eigenvalue weighted by atomic mass is 10.1. The number of para-hydroxylation sites is 1. The molecule has 2 heterocycles. The molecule has 1 unspecified atom stereocenters. The zero-order valence-corrected chi connectivity index (χ0v) is 12.1. The summed E-state index contributed by atoms with van der Waals surface area (Å²) in [4.78, 5) is 7.78. The monoisotopic (exact) mass is 286 g/mol. The van der Waals surface area contributed by atoms with Gasteiger partial charge >= 0.3 is 0 Å². The number of aliphatic hydroxyl groups is 1. The standard InChI is InChI=1S/C16H18N2O3/c1-3-21-13(9-19)15-16-14(12(20-2)8-17-15)10-6-4-5-7-11(10)18-16/h4-8,13,18-19H,3,9H2,1-2H3. The molecule has 21 heavy (non-hydrogen) atoms. The minimum Gasteiger partial charge on any atom is -0.494 e. The fourth-order valence-corrected chi connectivity index (χ4v) is 2.67. The number of aromatic nitrogens is 2. The number of hydrogen-bond acceptors (Lipinski definition) is 4. The van der Waals surface area contributed by atoms with Gasteiger partial charge in [0.2, 0.25) is 0 Å². The largest absolute Gasteiger partial charge is 0.494 e. The van der Waals surface area contributed by atoms with Gasteiger partial charge in [0.15, 0.2) is 0 Å². The summed E-state index contributed by atoms with van der Waals surface area (Å²) in [6.07, 6.45) is 1.23. The van der Waals surface area contributed by atoms with Crippen molar-refractivity contribution in [1.82, 2.24) is 9.97 Å². The van der Waals surface area contributed by atoms with Crippen molar-refractivity contribution in [3.63, 3.8) is 0 Å². The van der Waals surface area contributed by atoms with Crippen LogP contribution in [0.1, 0.15) is 18.7 Å². The number of methoxy groups -OCH3 is 1. The molecule has 3 rings (SSSR count). The number of rotatable bonds is 5. The first kappa shape index (κ1) is 13.9. The Morgan fingerprint density at radius 3 is 2.86 bits per heavy atom. The maximum atomic E-state index is 9.56. The summed E-state index contributed by atoms with van der Waals surface area (Å²) < 4.78 is 11.0. The van der Waals surface area contributed by atoms with Crippen LogP contribution in [0, 0.1) is 0 Å². The number of aliphatic hydroxyl groups excluding tert-OH is 1. The minimum atomic E-state index is -0.448. The number of aromatic amines is 1. The summed E-state index contributed by atoms with van der Waals surface area (Å²) in [6.45, 7) is 2.30. The van der Waals surface area contributed by atoms with E-state index in [2.05, 4.69) is 9.97 Å². The van der Waals surface area contributed by atoms with E-state index in [-0.39, 0.29) is 6.61 Å². The maximum absolute atomic E-state index is 9.56. The van der Waals surface area contributed by atoms with E-state index in [0.717, 1.165) is 21.8 Å². The zero-order valence-electron chi connectivity index (χ0n) is 12.1. The van der Waals surface area contributed by atoms with Crippen LogP contribution < -0.4 is 4.74 Å². The zero-order chi connectivity index (χ0) is 14.8. The molecule has 0 aliphatic rings. The van der Waals surface area contributed by atoms with E-state index in [1.165, 1.54) is 0 Å². The van der Waals surface area contributed by atoms with Crippen LogP contribution in [0.2, 0.25) is 0 Å². The van der Waals surface area contributed by atoms with E-state index in [1.807, 2.05) is 31.2 Å². The molecule has 5 nitrogen and oxygen atoms in total. The van der Waals surface area contributed by atoms with Gasteiger partial charge in [-0.1, -0.05) is 18.2 Å². The number of pyridine rings is 1. The van der Waals surface area contributed by atoms with E-state index < -0.39 is 6.10 Å². The Labute approximate surface area is 122 Å². The van der Waals surface area contributed by atoms with Crippen molar-refractivity contribution < 1.29 is 14.6 Å². The van der Waals surface area contributed by atoms with Gasteiger partial charge in [0.05, 0.1) is 36.5 Å². The number of fused-ring (bicyclic) bond motifs is 3. The van der Waals surface area contributed by atoms with Crippen LogP contribution in [-0.4, -0.2) is 35.4 Å². The van der Waals surface area contributed by atoms with Gasteiger partial charge in [0, 0.05) is 17.5 Å². The van der Waals surface area contributed by atoms with Gasteiger partial charge in [0.1, 0.15) is 11.9 Å². The molecule has 0 aliphatic heterocycles. The SMILES string of the molecule is CCOC(CO)c1ncc(OC)c2c1[nH]c1ccccc12. The third kappa shape index (κ3) is 2.24. The molecule has 0 radical (unpaired) electrons. The lowest BCUT2D eigenvalue weighted by Gasteiger charge is -2.15. The molecule has 2 aromatic heterocycles. The Morgan fingerprint density at radius 1 is 1.33 bits per heavy atom. The average molecular weight is 286 g/mol. The van der Waals surface area contributed by atoms with Crippen LogP contribution in [0.3, 0.4) is 0 Å². The van der Waals surface area contributed by atoms with Crippen molar-refractivity contribution in [2.45, 2.75) is 13.0 Å². The first-order chi connectivity index (χ1) is 10.3. The third-order valence-corrected chi connectivity index (χ3v) is 3.59. The molecule has 5 heteroatoms. The molecule has 1 atom stereocenters. The van der Waals surface area contributed by atoms with Crippen LogP contribution >= 0.6 is 0 Å². The van der Waals surface area contributed by atoms with Gasteiger partial charge in [-0.15, -0.1) is 0 Å². The number of H-pyrrole nitrogens is 1. The summed E-state index contributed by atoms with van der Waals surface area (Å²) >= 11 is 0. The molecule has 1 aromatic carbocycles. The molecule has 110 valence electrons. The van der Waals surface area contributed by atoms with E-state index in [9.17, 15) is 5.11 Å². The Hall–Kier alpha value is -2.11. The average Bonchev–Trinajstić information content (AvgIpc) is 2.91. The van der Waals surface area contributed by atoms with E-state index in [4.69, 9.17) is 9.47 Å². The maximum Gasteiger partial charge on any atom is 0.147 e. The van der Waals surface area contributed by atoms with Gasteiger partial charge in [-0.25, -0.2) is 0 Å². The number of benzene rings is 1. The van der Waals surface area contributed by atoms with Crippen molar-refractivity contribution in [3.8, 4) is 5.75 Å². The predicted octanol–water partition coefficient (Wildman–Crippen LogP) is 2.79. The minimum absolute atomic E-state index is 0.113. The normalized spacial score (nSPS) is 12.9. The van der Waals surface area contributed by atoms with Crippen LogP contribution in [0.15, 0.2) is 30.5 Å². The highest BCUT2D eigenvalue weighted by Crippen LogP contribution is 2.36. The lowest BCUT2D eigenvalue weighted by Crippen LogP contribution is -2.11. The summed E-state index contributed by atoms with van der Waals surface area (Å²) in [5.41, 5.74) is 2.56. The topological polar surface area (TPSA) is 67.4 Å². The van der Waals surface area contributed by atoms with Crippen molar-refractivity contribution in [3.05, 3.63) is 36.2 Å². The fourth-order valence-electron chi connectivity index (χ4n) is 2.67. The second-order valence-electron chi connectivity index (χ2n) is 4.76. The van der Waals surface area contributed by atoms with Crippen molar-refractivity contribution in [2.75, 3.05) is 20.3 Å². The molecule has 0 fully saturated rings. The van der Waals surface area contributed by atoms with Crippen LogP contribution in [0.5, 0.6) is 5.75 Å². The number of nitrogens with zero attached hydrogens (tertiary/aromatic N) is 1. The predicted molar refractivity (Wildman–Crippen MR) is 81.6 cm³/mol. The molecule has 0 bridgehead atoms. The number of ether oxygens (including phenoxy) is 2. The molecular weight excluding hydrogens is 268 g/mol. The smallest absolute Gasteiger partial charge is 0.147 e. The lowest BCUT2D eigenvalue weighted by molar-refractivity contribution is 0.0171. The van der Waals surface area contributed by atoms with Gasteiger partial charge in [-0.3, -0.25) is 4.98 Å². The van der Waals surface area contributed by atoms with Crippen molar-refractivity contribution in [1.29, 1.82) is 0 Å². The summed E-state index contributed by atoms with van der Waals surface area (Å²) in [5, 5.41) is 11.6. The quantitative estimate of drug-likeness (QED) is 0.757. The first-order valence-corrected chi connectivity index (χ1v) is 6.95.